The summed E-state index contributed by atoms with van der Waals surface area (Å²) in [4.78, 5) is 2.46. The van der Waals surface area contributed by atoms with E-state index in [-0.39, 0.29) is 22.4 Å². The van der Waals surface area contributed by atoms with Crippen LogP contribution in [0, 0.1) is 0 Å². The molecule has 2 aliphatic rings. The van der Waals surface area contributed by atoms with E-state index in [1.54, 1.807) is 6.07 Å². The molecule has 0 amide bonds. The number of ether oxygens (including phenoxy) is 2. The number of aromatic hydroxyl groups is 1. The number of aliphatic hydroxyl groups is 1. The van der Waals surface area contributed by atoms with Crippen LogP contribution in [-0.4, -0.2) is 64.6 Å². The zero-order chi connectivity index (χ0) is 37.4. The Bertz CT molecular complexity index is 1730. The topological polar surface area (TPSA) is 80.6 Å². The number of phenolic OH excluding ortho intramolecular Hbond substituents is 1. The molecule has 9 heteroatoms. The lowest BCUT2D eigenvalue weighted by molar-refractivity contribution is 0.120. The van der Waals surface area contributed by atoms with Gasteiger partial charge in [-0.05, 0) is 111 Å². The van der Waals surface area contributed by atoms with Crippen molar-refractivity contribution in [2.24, 2.45) is 0 Å². The Morgan fingerprint density at radius 2 is 1.31 bits per heavy atom. The molecule has 2 aliphatic heterocycles. The molecule has 1 atom stereocenters. The van der Waals surface area contributed by atoms with Crippen molar-refractivity contribution in [1.29, 1.82) is 0 Å². The first kappa shape index (κ1) is 39.0. The average molecular weight is 732 g/mol. The summed E-state index contributed by atoms with van der Waals surface area (Å²) in [5.41, 5.74) is 1.94. The predicted molar refractivity (Wildman–Crippen MR) is 214 cm³/mol. The van der Waals surface area contributed by atoms with Gasteiger partial charge in [-0.2, -0.15) is 0 Å². The summed E-state index contributed by atoms with van der Waals surface area (Å²) >= 11 is 0. The van der Waals surface area contributed by atoms with E-state index in [2.05, 4.69) is 72.6 Å². The number of piperidine rings is 1. The molecule has 2 N–H and O–H groups in total. The summed E-state index contributed by atoms with van der Waals surface area (Å²) in [6.07, 6.45) is 3.79. The van der Waals surface area contributed by atoms with Crippen LogP contribution in [0.3, 0.4) is 0 Å². The van der Waals surface area contributed by atoms with Crippen molar-refractivity contribution in [2.75, 3.05) is 32.8 Å². The number of phenols is 1. The SMILES string of the molecule is CC(O)(C1=C(c2ccc(O[Si](C)(C)C(C)(C)C)cc2O)COc2cc(O[Si](C)(C)C(C)(C)C)ccc21)c1cccc(OCCN2CCCCC2)c1. The van der Waals surface area contributed by atoms with Crippen molar-refractivity contribution < 1.29 is 28.5 Å². The summed E-state index contributed by atoms with van der Waals surface area (Å²) in [5, 5.41) is 24.3. The summed E-state index contributed by atoms with van der Waals surface area (Å²) in [7, 11) is -4.24. The molecular weight excluding hydrogens is 671 g/mol. The van der Waals surface area contributed by atoms with Crippen molar-refractivity contribution >= 4 is 27.8 Å². The zero-order valence-corrected chi connectivity index (χ0v) is 34.9. The third-order valence-corrected chi connectivity index (χ3v) is 20.3. The summed E-state index contributed by atoms with van der Waals surface area (Å²) in [6, 6.07) is 19.1. The Morgan fingerprint density at radius 1 is 0.725 bits per heavy atom. The Kier molecular flexibility index (Phi) is 11.2. The number of likely N-dealkylation sites (tertiary alicyclic amines) is 1. The Balaban J connectivity index is 1.55. The number of rotatable bonds is 11. The van der Waals surface area contributed by atoms with Gasteiger partial charge in [-0.15, -0.1) is 0 Å². The van der Waals surface area contributed by atoms with Crippen molar-refractivity contribution in [2.45, 2.75) is 110 Å². The van der Waals surface area contributed by atoms with Gasteiger partial charge in [0.2, 0.25) is 16.6 Å². The lowest BCUT2D eigenvalue weighted by atomic mass is 9.78. The smallest absolute Gasteiger partial charge is 0.250 e. The number of fused-ring (bicyclic) bond motifs is 1. The van der Waals surface area contributed by atoms with Crippen LogP contribution in [-0.2, 0) is 5.60 Å². The summed E-state index contributed by atoms with van der Waals surface area (Å²) in [6.45, 7) is 27.8. The van der Waals surface area contributed by atoms with Crippen LogP contribution in [0.1, 0.15) is 84.4 Å². The average Bonchev–Trinajstić information content (AvgIpc) is 3.03. The van der Waals surface area contributed by atoms with Gasteiger partial charge in [0.25, 0.3) is 0 Å². The standard InChI is InChI=1S/C42H61NO6Si2/c1-40(2,3)50(8,9)48-32-18-20-34(37(44)27-32)36-29-47-38-28-33(49-51(10,11)41(4,5)6)19-21-35(38)39(36)42(7,45)30-16-15-17-31(26-30)46-25-24-43-22-13-12-14-23-43/h15-21,26-28,44-45H,12-14,22-25,29H2,1-11H3. The minimum atomic E-state index is -2.13. The second-order valence-electron chi connectivity index (χ2n) is 17.6. The first-order chi connectivity index (χ1) is 23.7. The first-order valence-electron chi connectivity index (χ1n) is 18.6. The molecule has 3 aromatic carbocycles. The van der Waals surface area contributed by atoms with Gasteiger partial charge in [0.05, 0.1) is 0 Å². The largest absolute Gasteiger partial charge is 0.543 e. The van der Waals surface area contributed by atoms with Crippen LogP contribution in [0.5, 0.6) is 28.7 Å². The Labute approximate surface area is 308 Å². The van der Waals surface area contributed by atoms with E-state index >= 15 is 0 Å². The zero-order valence-electron chi connectivity index (χ0n) is 32.9. The van der Waals surface area contributed by atoms with E-state index in [9.17, 15) is 10.2 Å². The van der Waals surface area contributed by atoms with Crippen molar-refractivity contribution in [3.8, 4) is 28.7 Å². The molecule has 1 unspecified atom stereocenters. The highest BCUT2D eigenvalue weighted by atomic mass is 28.4. The van der Waals surface area contributed by atoms with E-state index in [1.165, 1.54) is 19.3 Å². The second kappa shape index (κ2) is 14.6. The minimum Gasteiger partial charge on any atom is -0.543 e. The predicted octanol–water partition coefficient (Wildman–Crippen LogP) is 10.2. The third-order valence-electron chi connectivity index (χ3n) is 11.6. The summed E-state index contributed by atoms with van der Waals surface area (Å²) in [5.74, 6) is 2.82. The fourth-order valence-electron chi connectivity index (χ4n) is 6.28. The highest BCUT2D eigenvalue weighted by Gasteiger charge is 2.41. The van der Waals surface area contributed by atoms with E-state index in [0.717, 1.165) is 30.9 Å². The molecule has 0 aliphatic carbocycles. The normalized spacial score (nSPS) is 17.3. The van der Waals surface area contributed by atoms with E-state index in [1.807, 2.05) is 61.5 Å². The monoisotopic (exact) mass is 731 g/mol. The number of hydrogen-bond acceptors (Lipinski definition) is 7. The molecule has 0 bridgehead atoms. The minimum absolute atomic E-state index is 0.00948. The highest BCUT2D eigenvalue weighted by Crippen LogP contribution is 2.50. The first-order valence-corrected chi connectivity index (χ1v) is 24.4. The van der Waals surface area contributed by atoms with Gasteiger partial charge in [0.1, 0.15) is 47.6 Å². The molecule has 51 heavy (non-hydrogen) atoms. The fraction of sp³-hybridized carbons (Fsp3) is 0.524. The molecule has 1 saturated heterocycles. The number of benzene rings is 3. The maximum absolute atomic E-state index is 12.7. The van der Waals surface area contributed by atoms with E-state index < -0.39 is 22.2 Å². The van der Waals surface area contributed by atoms with Crippen LogP contribution in [0.2, 0.25) is 36.3 Å². The van der Waals surface area contributed by atoms with Crippen molar-refractivity contribution in [3.05, 3.63) is 77.4 Å². The van der Waals surface area contributed by atoms with E-state index in [4.69, 9.17) is 18.3 Å². The van der Waals surface area contributed by atoms with Crippen LogP contribution in [0.4, 0.5) is 0 Å². The van der Waals surface area contributed by atoms with Gasteiger partial charge in [-0.3, -0.25) is 4.90 Å². The lowest BCUT2D eigenvalue weighted by Gasteiger charge is -2.38. The Hall–Kier alpha value is -3.25. The molecule has 0 spiro atoms. The van der Waals surface area contributed by atoms with Gasteiger partial charge in [0.15, 0.2) is 0 Å². The fourth-order valence-corrected chi connectivity index (χ4v) is 8.32. The maximum Gasteiger partial charge on any atom is 0.250 e. The van der Waals surface area contributed by atoms with Crippen LogP contribution in [0.15, 0.2) is 60.7 Å². The second-order valence-corrected chi connectivity index (χ2v) is 27.0. The van der Waals surface area contributed by atoms with Gasteiger partial charge in [0, 0.05) is 41.0 Å². The molecule has 2 heterocycles. The maximum atomic E-state index is 12.7. The molecule has 0 radical (unpaired) electrons. The third kappa shape index (κ3) is 8.70. The van der Waals surface area contributed by atoms with Gasteiger partial charge >= 0.3 is 0 Å². The molecule has 1 fully saturated rings. The molecule has 3 aromatic rings. The van der Waals surface area contributed by atoms with E-state index in [0.29, 0.717) is 46.1 Å². The van der Waals surface area contributed by atoms with Crippen molar-refractivity contribution in [3.63, 3.8) is 0 Å². The molecule has 0 aromatic heterocycles. The van der Waals surface area contributed by atoms with Crippen LogP contribution >= 0.6 is 0 Å². The summed E-state index contributed by atoms with van der Waals surface area (Å²) < 4.78 is 25.9. The van der Waals surface area contributed by atoms with Crippen molar-refractivity contribution in [1.82, 2.24) is 4.90 Å². The molecule has 0 saturated carbocycles. The Morgan fingerprint density at radius 3 is 1.90 bits per heavy atom. The number of nitrogens with zero attached hydrogens (tertiary/aromatic N) is 1. The molecular formula is C42H61NO6Si2. The quantitative estimate of drug-likeness (QED) is 0.190. The van der Waals surface area contributed by atoms with Gasteiger partial charge in [-0.1, -0.05) is 60.1 Å². The van der Waals surface area contributed by atoms with Crippen LogP contribution in [0.25, 0.3) is 11.1 Å². The van der Waals surface area contributed by atoms with Crippen LogP contribution < -0.4 is 18.3 Å². The molecule has 5 rings (SSSR count). The van der Waals surface area contributed by atoms with Gasteiger partial charge < -0.3 is 28.5 Å². The molecule has 278 valence electrons. The lowest BCUT2D eigenvalue weighted by Crippen LogP contribution is -2.43. The highest BCUT2D eigenvalue weighted by molar-refractivity contribution is 6.75. The van der Waals surface area contributed by atoms with Gasteiger partial charge in [-0.25, -0.2) is 0 Å². The molecule has 7 nitrogen and oxygen atoms in total. The number of hydrogen-bond donors (Lipinski definition) is 2.